The molecule has 1 amide bonds. The molecule has 0 aliphatic carbocycles. The van der Waals surface area contributed by atoms with Gasteiger partial charge in [-0.2, -0.15) is 0 Å². The Balaban J connectivity index is 2.22. The molecule has 7 heteroatoms. The standard InChI is InChI=1S/C15H19N3O4/c1-3-10(22-4-2)8-17-14(20)11-9-16-13-12(19)6-5-7-18(13)15(11)21/h5-7,9-10,19H,3-4,8H2,1-2H3,(H,17,20)/t10-/m1/s1. The summed E-state index contributed by atoms with van der Waals surface area (Å²) in [6.07, 6.45) is 3.30. The Bertz CT molecular complexity index is 726. The molecule has 118 valence electrons. The summed E-state index contributed by atoms with van der Waals surface area (Å²) in [6, 6.07) is 2.94. The Kier molecular flexibility index (Phi) is 5.11. The second kappa shape index (κ2) is 7.04. The van der Waals surface area contributed by atoms with Crippen LogP contribution in [0.15, 0.2) is 29.3 Å². The van der Waals surface area contributed by atoms with Gasteiger partial charge in [-0.15, -0.1) is 0 Å². The number of amides is 1. The van der Waals surface area contributed by atoms with Crippen LogP contribution in [0.5, 0.6) is 5.75 Å². The molecular weight excluding hydrogens is 286 g/mol. The number of pyridine rings is 1. The second-order valence-electron chi connectivity index (χ2n) is 4.76. The second-order valence-corrected chi connectivity index (χ2v) is 4.76. The van der Waals surface area contributed by atoms with E-state index in [4.69, 9.17) is 4.74 Å². The molecule has 0 fully saturated rings. The van der Waals surface area contributed by atoms with Crippen LogP contribution in [0.3, 0.4) is 0 Å². The van der Waals surface area contributed by atoms with Gasteiger partial charge in [0, 0.05) is 25.5 Å². The summed E-state index contributed by atoms with van der Waals surface area (Å²) in [5.74, 6) is -0.623. The van der Waals surface area contributed by atoms with Crippen molar-refractivity contribution in [3.8, 4) is 5.75 Å². The number of fused-ring (bicyclic) bond motifs is 1. The zero-order valence-electron chi connectivity index (χ0n) is 12.6. The van der Waals surface area contributed by atoms with Gasteiger partial charge in [0.25, 0.3) is 11.5 Å². The minimum absolute atomic E-state index is 0.0746. The van der Waals surface area contributed by atoms with E-state index in [0.717, 1.165) is 10.8 Å². The van der Waals surface area contributed by atoms with Crippen LogP contribution in [0.4, 0.5) is 0 Å². The summed E-state index contributed by atoms with van der Waals surface area (Å²) in [4.78, 5) is 28.4. The van der Waals surface area contributed by atoms with E-state index in [1.165, 1.54) is 24.5 Å². The molecule has 2 N–H and O–H groups in total. The number of ether oxygens (including phenoxy) is 1. The number of nitrogens with one attached hydrogen (secondary N) is 1. The van der Waals surface area contributed by atoms with Crippen molar-refractivity contribution < 1.29 is 14.6 Å². The molecule has 0 unspecified atom stereocenters. The molecule has 2 aromatic heterocycles. The van der Waals surface area contributed by atoms with Crippen LogP contribution < -0.4 is 10.9 Å². The molecule has 2 heterocycles. The van der Waals surface area contributed by atoms with E-state index >= 15 is 0 Å². The molecule has 0 aliphatic rings. The Morgan fingerprint density at radius 1 is 1.50 bits per heavy atom. The SMILES string of the molecule is CCO[C@H](CC)CNC(=O)c1cnc2c(O)cccn2c1=O. The molecule has 0 aliphatic heterocycles. The van der Waals surface area contributed by atoms with Gasteiger partial charge in [0.1, 0.15) is 5.56 Å². The highest BCUT2D eigenvalue weighted by Gasteiger charge is 2.15. The summed E-state index contributed by atoms with van der Waals surface area (Å²) < 4.78 is 6.59. The molecule has 22 heavy (non-hydrogen) atoms. The van der Waals surface area contributed by atoms with Crippen molar-refractivity contribution in [1.29, 1.82) is 0 Å². The van der Waals surface area contributed by atoms with Crippen molar-refractivity contribution in [3.63, 3.8) is 0 Å². The van der Waals surface area contributed by atoms with Crippen LogP contribution in [0, 0.1) is 0 Å². The fourth-order valence-corrected chi connectivity index (χ4v) is 2.11. The maximum atomic E-state index is 12.3. The van der Waals surface area contributed by atoms with E-state index in [1.54, 1.807) is 0 Å². The minimum Gasteiger partial charge on any atom is -0.504 e. The summed E-state index contributed by atoms with van der Waals surface area (Å²) >= 11 is 0. The summed E-state index contributed by atoms with van der Waals surface area (Å²) in [5.41, 5.74) is -0.484. The first kappa shape index (κ1) is 16.0. The summed E-state index contributed by atoms with van der Waals surface area (Å²) in [7, 11) is 0. The van der Waals surface area contributed by atoms with Crippen molar-refractivity contribution in [2.75, 3.05) is 13.2 Å². The highest BCUT2D eigenvalue weighted by Crippen LogP contribution is 2.12. The molecule has 0 radical (unpaired) electrons. The molecule has 1 atom stereocenters. The predicted molar refractivity (Wildman–Crippen MR) is 81.2 cm³/mol. The van der Waals surface area contributed by atoms with Gasteiger partial charge in [0.15, 0.2) is 11.4 Å². The van der Waals surface area contributed by atoms with Crippen LogP contribution in [0.1, 0.15) is 30.6 Å². The smallest absolute Gasteiger partial charge is 0.270 e. The number of rotatable bonds is 6. The fourth-order valence-electron chi connectivity index (χ4n) is 2.11. The average molecular weight is 305 g/mol. The normalized spacial score (nSPS) is 12.3. The van der Waals surface area contributed by atoms with Gasteiger partial charge >= 0.3 is 0 Å². The number of carbonyl (C=O) groups excluding carboxylic acids is 1. The van der Waals surface area contributed by atoms with Gasteiger partial charge in [-0.1, -0.05) is 6.92 Å². The number of nitrogens with zero attached hydrogens (tertiary/aromatic N) is 2. The van der Waals surface area contributed by atoms with E-state index in [-0.39, 0.29) is 23.1 Å². The van der Waals surface area contributed by atoms with E-state index in [2.05, 4.69) is 10.3 Å². The largest absolute Gasteiger partial charge is 0.504 e. The van der Waals surface area contributed by atoms with E-state index < -0.39 is 11.5 Å². The first-order valence-electron chi connectivity index (χ1n) is 7.17. The molecule has 0 saturated heterocycles. The van der Waals surface area contributed by atoms with Crippen molar-refractivity contribution >= 4 is 11.6 Å². The fraction of sp³-hybridized carbons (Fsp3) is 0.400. The van der Waals surface area contributed by atoms with Crippen LogP contribution in [-0.2, 0) is 4.74 Å². The van der Waals surface area contributed by atoms with Crippen LogP contribution in [0.2, 0.25) is 0 Å². The van der Waals surface area contributed by atoms with E-state index in [0.29, 0.717) is 13.2 Å². The predicted octanol–water partition coefficient (Wildman–Crippen LogP) is 0.945. The Morgan fingerprint density at radius 2 is 2.27 bits per heavy atom. The zero-order valence-corrected chi connectivity index (χ0v) is 12.6. The van der Waals surface area contributed by atoms with E-state index in [9.17, 15) is 14.7 Å². The summed E-state index contributed by atoms with van der Waals surface area (Å²) in [6.45, 7) is 4.73. The van der Waals surface area contributed by atoms with Gasteiger partial charge in [-0.05, 0) is 25.5 Å². The molecule has 0 aromatic carbocycles. The number of carbonyl (C=O) groups is 1. The van der Waals surface area contributed by atoms with Gasteiger partial charge in [0.05, 0.1) is 6.10 Å². The number of aromatic nitrogens is 2. The minimum atomic E-state index is -0.525. The molecule has 0 spiro atoms. The molecule has 0 bridgehead atoms. The van der Waals surface area contributed by atoms with Crippen molar-refractivity contribution in [2.45, 2.75) is 26.4 Å². The van der Waals surface area contributed by atoms with Crippen LogP contribution >= 0.6 is 0 Å². The topological polar surface area (TPSA) is 92.9 Å². The molecule has 2 aromatic rings. The van der Waals surface area contributed by atoms with Crippen molar-refractivity contribution in [2.24, 2.45) is 0 Å². The third-order valence-electron chi connectivity index (χ3n) is 3.30. The lowest BCUT2D eigenvalue weighted by molar-refractivity contribution is 0.0568. The van der Waals surface area contributed by atoms with Crippen LogP contribution in [0.25, 0.3) is 5.65 Å². The van der Waals surface area contributed by atoms with Gasteiger partial charge in [0.2, 0.25) is 0 Å². The van der Waals surface area contributed by atoms with Crippen molar-refractivity contribution in [3.05, 3.63) is 40.4 Å². The Labute approximate surface area is 127 Å². The first-order valence-corrected chi connectivity index (χ1v) is 7.17. The van der Waals surface area contributed by atoms with Gasteiger partial charge < -0.3 is 15.2 Å². The van der Waals surface area contributed by atoms with Crippen LogP contribution in [-0.4, -0.2) is 39.7 Å². The van der Waals surface area contributed by atoms with Gasteiger partial charge in [-0.25, -0.2) is 4.98 Å². The molecule has 0 saturated carbocycles. The number of aromatic hydroxyl groups is 1. The highest BCUT2D eigenvalue weighted by molar-refractivity contribution is 5.93. The van der Waals surface area contributed by atoms with E-state index in [1.807, 2.05) is 13.8 Å². The lowest BCUT2D eigenvalue weighted by Crippen LogP contribution is -2.37. The number of hydrogen-bond donors (Lipinski definition) is 2. The summed E-state index contributed by atoms with van der Waals surface area (Å²) in [5, 5.41) is 12.3. The maximum absolute atomic E-state index is 12.3. The lowest BCUT2D eigenvalue weighted by Gasteiger charge is -2.15. The molecule has 2 rings (SSSR count). The third kappa shape index (κ3) is 3.25. The molecular formula is C15H19N3O4. The monoisotopic (exact) mass is 305 g/mol. The third-order valence-corrected chi connectivity index (χ3v) is 3.30. The maximum Gasteiger partial charge on any atom is 0.270 e. The average Bonchev–Trinajstić information content (AvgIpc) is 2.52. The van der Waals surface area contributed by atoms with Crippen molar-refractivity contribution in [1.82, 2.24) is 14.7 Å². The lowest BCUT2D eigenvalue weighted by atomic mass is 10.2. The van der Waals surface area contributed by atoms with Gasteiger partial charge in [-0.3, -0.25) is 14.0 Å². The quantitative estimate of drug-likeness (QED) is 0.828. The highest BCUT2D eigenvalue weighted by atomic mass is 16.5. The Hall–Kier alpha value is -2.41. The Morgan fingerprint density at radius 3 is 2.95 bits per heavy atom. The molecule has 7 nitrogen and oxygen atoms in total. The number of hydrogen-bond acceptors (Lipinski definition) is 5. The zero-order chi connectivity index (χ0) is 16.1. The first-order chi connectivity index (χ1) is 10.6.